The molecule has 0 saturated carbocycles. The first-order valence-electron chi connectivity index (χ1n) is 9.00. The highest BCUT2D eigenvalue weighted by atomic mass is 32.1. The molecule has 2 aromatic rings. The van der Waals surface area contributed by atoms with Gasteiger partial charge in [-0.3, -0.25) is 9.69 Å². The molecular weight excluding hydrogens is 332 g/mol. The summed E-state index contributed by atoms with van der Waals surface area (Å²) in [6, 6.07) is 11.7. The number of ether oxygens (including phenoxy) is 1. The minimum absolute atomic E-state index is 0.00376. The Bertz CT molecular complexity index is 647. The number of nitrogens with one attached hydrogen (secondary N) is 1. The maximum atomic E-state index is 12.3. The lowest BCUT2D eigenvalue weighted by atomic mass is 9.96. The van der Waals surface area contributed by atoms with Crippen LogP contribution >= 0.6 is 11.3 Å². The zero-order valence-corrected chi connectivity index (χ0v) is 15.6. The molecule has 0 spiro atoms. The number of amides is 1. The molecule has 1 fully saturated rings. The smallest absolute Gasteiger partial charge is 0.251 e. The van der Waals surface area contributed by atoms with E-state index in [0.717, 1.165) is 44.8 Å². The van der Waals surface area contributed by atoms with Crippen molar-refractivity contribution in [2.24, 2.45) is 5.92 Å². The van der Waals surface area contributed by atoms with E-state index in [2.05, 4.69) is 27.7 Å². The molecule has 0 atom stereocenters. The zero-order valence-electron chi connectivity index (χ0n) is 14.7. The number of carbonyl (C=O) groups is 1. The van der Waals surface area contributed by atoms with Crippen LogP contribution in [-0.2, 0) is 6.54 Å². The molecule has 134 valence electrons. The van der Waals surface area contributed by atoms with Gasteiger partial charge in [-0.15, -0.1) is 11.3 Å². The van der Waals surface area contributed by atoms with E-state index < -0.39 is 0 Å². The molecule has 1 aliphatic rings. The van der Waals surface area contributed by atoms with Gasteiger partial charge in [-0.25, -0.2) is 0 Å². The number of benzene rings is 1. The van der Waals surface area contributed by atoms with E-state index in [1.165, 1.54) is 4.88 Å². The van der Waals surface area contributed by atoms with Gasteiger partial charge in [0.05, 0.1) is 6.61 Å². The third-order valence-corrected chi connectivity index (χ3v) is 5.51. The fraction of sp³-hybridized carbons (Fsp3) is 0.450. The molecule has 0 unspecified atom stereocenters. The third kappa shape index (κ3) is 5.31. The van der Waals surface area contributed by atoms with Gasteiger partial charge in [0.25, 0.3) is 5.91 Å². The first-order chi connectivity index (χ1) is 12.2. The van der Waals surface area contributed by atoms with E-state index in [4.69, 9.17) is 4.74 Å². The van der Waals surface area contributed by atoms with Crippen LogP contribution in [0.25, 0.3) is 0 Å². The van der Waals surface area contributed by atoms with E-state index >= 15 is 0 Å². The lowest BCUT2D eigenvalue weighted by Gasteiger charge is -2.31. The Kier molecular flexibility index (Phi) is 6.48. The van der Waals surface area contributed by atoms with Gasteiger partial charge in [-0.05, 0) is 74.5 Å². The van der Waals surface area contributed by atoms with Gasteiger partial charge in [0.1, 0.15) is 5.75 Å². The van der Waals surface area contributed by atoms with Crippen molar-refractivity contribution in [2.45, 2.75) is 26.3 Å². The number of rotatable bonds is 7. The Hall–Kier alpha value is -1.85. The molecule has 1 amide bonds. The minimum atomic E-state index is 0.00376. The number of likely N-dealkylation sites (tertiary alicyclic amines) is 1. The quantitative estimate of drug-likeness (QED) is 0.819. The summed E-state index contributed by atoms with van der Waals surface area (Å²) in [5, 5.41) is 5.22. The molecule has 2 heterocycles. The minimum Gasteiger partial charge on any atom is -0.494 e. The first-order valence-corrected chi connectivity index (χ1v) is 9.88. The lowest BCUT2D eigenvalue weighted by Crippen LogP contribution is -2.38. The van der Waals surface area contributed by atoms with Gasteiger partial charge in [0, 0.05) is 23.5 Å². The normalized spacial score (nSPS) is 15.9. The second kappa shape index (κ2) is 9.02. The summed E-state index contributed by atoms with van der Waals surface area (Å²) in [7, 11) is 0. The van der Waals surface area contributed by atoms with E-state index in [1.807, 2.05) is 42.5 Å². The molecule has 0 radical (unpaired) electrons. The van der Waals surface area contributed by atoms with Crippen LogP contribution in [0.1, 0.15) is 35.0 Å². The Morgan fingerprint density at radius 1 is 1.24 bits per heavy atom. The standard InChI is InChI=1S/C20H26N2O2S/c1-2-24-18-7-5-17(6-8-18)20(23)21-14-16-9-11-22(12-10-16)15-19-4-3-13-25-19/h3-8,13,16H,2,9-12,14-15H2,1H3,(H,21,23). The number of piperidine rings is 1. The summed E-state index contributed by atoms with van der Waals surface area (Å²) in [5.74, 6) is 1.38. The molecule has 1 N–H and O–H groups in total. The maximum absolute atomic E-state index is 12.3. The van der Waals surface area contributed by atoms with Gasteiger partial charge >= 0.3 is 0 Å². The molecule has 3 rings (SSSR count). The predicted octanol–water partition coefficient (Wildman–Crippen LogP) is 3.79. The van der Waals surface area contributed by atoms with E-state index in [1.54, 1.807) is 0 Å². The van der Waals surface area contributed by atoms with Crippen molar-refractivity contribution < 1.29 is 9.53 Å². The Morgan fingerprint density at radius 3 is 2.64 bits per heavy atom. The van der Waals surface area contributed by atoms with Gasteiger partial charge < -0.3 is 10.1 Å². The highest BCUT2D eigenvalue weighted by Gasteiger charge is 2.20. The van der Waals surface area contributed by atoms with E-state index in [-0.39, 0.29) is 5.91 Å². The molecule has 5 heteroatoms. The largest absolute Gasteiger partial charge is 0.494 e. The van der Waals surface area contributed by atoms with Crippen molar-refractivity contribution in [3.8, 4) is 5.75 Å². The molecule has 1 aromatic heterocycles. The fourth-order valence-corrected chi connectivity index (χ4v) is 3.93. The average Bonchev–Trinajstić information content (AvgIpc) is 3.15. The summed E-state index contributed by atoms with van der Waals surface area (Å²) in [6.45, 7) is 6.63. The topological polar surface area (TPSA) is 41.6 Å². The van der Waals surface area contributed by atoms with Gasteiger partial charge in [0.2, 0.25) is 0 Å². The number of nitrogens with zero attached hydrogens (tertiary/aromatic N) is 1. The van der Waals surface area contributed by atoms with Gasteiger partial charge in [0.15, 0.2) is 0 Å². The van der Waals surface area contributed by atoms with Crippen molar-refractivity contribution in [3.63, 3.8) is 0 Å². The van der Waals surface area contributed by atoms with Crippen molar-refractivity contribution in [1.29, 1.82) is 0 Å². The monoisotopic (exact) mass is 358 g/mol. The van der Waals surface area contributed by atoms with Crippen LogP contribution in [0.3, 0.4) is 0 Å². The summed E-state index contributed by atoms with van der Waals surface area (Å²) in [5.41, 5.74) is 0.693. The second-order valence-corrected chi connectivity index (χ2v) is 7.50. The molecule has 0 aliphatic carbocycles. The van der Waals surface area contributed by atoms with Crippen molar-refractivity contribution >= 4 is 17.2 Å². The van der Waals surface area contributed by atoms with Crippen LogP contribution in [0, 0.1) is 5.92 Å². The molecule has 1 saturated heterocycles. The molecule has 4 nitrogen and oxygen atoms in total. The van der Waals surface area contributed by atoms with Crippen LogP contribution in [-0.4, -0.2) is 37.0 Å². The van der Waals surface area contributed by atoms with Crippen LogP contribution in [0.4, 0.5) is 0 Å². The van der Waals surface area contributed by atoms with Crippen LogP contribution in [0.2, 0.25) is 0 Å². The Balaban J connectivity index is 1.39. The second-order valence-electron chi connectivity index (χ2n) is 6.47. The van der Waals surface area contributed by atoms with E-state index in [0.29, 0.717) is 18.1 Å². The fourth-order valence-electron chi connectivity index (χ4n) is 3.18. The van der Waals surface area contributed by atoms with Crippen LogP contribution < -0.4 is 10.1 Å². The van der Waals surface area contributed by atoms with Crippen molar-refractivity contribution in [2.75, 3.05) is 26.2 Å². The SMILES string of the molecule is CCOc1ccc(C(=O)NCC2CCN(Cc3cccs3)CC2)cc1. The average molecular weight is 359 g/mol. The van der Waals surface area contributed by atoms with Crippen LogP contribution in [0.5, 0.6) is 5.75 Å². The maximum Gasteiger partial charge on any atom is 0.251 e. The molecular formula is C20H26N2O2S. The Labute approximate surface area is 153 Å². The highest BCUT2D eigenvalue weighted by Crippen LogP contribution is 2.20. The predicted molar refractivity (Wildman–Crippen MR) is 102 cm³/mol. The molecule has 25 heavy (non-hydrogen) atoms. The first kappa shape index (κ1) is 18.0. The number of carbonyl (C=O) groups excluding carboxylic acids is 1. The highest BCUT2D eigenvalue weighted by molar-refractivity contribution is 7.09. The summed E-state index contributed by atoms with van der Waals surface area (Å²) < 4.78 is 5.41. The van der Waals surface area contributed by atoms with Gasteiger partial charge in [-0.2, -0.15) is 0 Å². The number of hydrogen-bond donors (Lipinski definition) is 1. The molecule has 1 aromatic carbocycles. The lowest BCUT2D eigenvalue weighted by molar-refractivity contribution is 0.0935. The Morgan fingerprint density at radius 2 is 2.00 bits per heavy atom. The zero-order chi connectivity index (χ0) is 17.5. The summed E-state index contributed by atoms with van der Waals surface area (Å²) >= 11 is 1.83. The molecule has 1 aliphatic heterocycles. The van der Waals surface area contributed by atoms with E-state index in [9.17, 15) is 4.79 Å². The number of hydrogen-bond acceptors (Lipinski definition) is 4. The summed E-state index contributed by atoms with van der Waals surface area (Å²) in [4.78, 5) is 16.2. The van der Waals surface area contributed by atoms with Gasteiger partial charge in [-0.1, -0.05) is 6.07 Å². The number of thiophene rings is 1. The van der Waals surface area contributed by atoms with Crippen LogP contribution in [0.15, 0.2) is 41.8 Å². The third-order valence-electron chi connectivity index (χ3n) is 4.65. The molecule has 0 bridgehead atoms. The summed E-state index contributed by atoms with van der Waals surface area (Å²) in [6.07, 6.45) is 2.30. The van der Waals surface area contributed by atoms with Crippen molar-refractivity contribution in [1.82, 2.24) is 10.2 Å². The van der Waals surface area contributed by atoms with Crippen molar-refractivity contribution in [3.05, 3.63) is 52.2 Å².